The fraction of sp³-hybridized carbons (Fsp3) is 0.346. The van der Waals surface area contributed by atoms with E-state index >= 15 is 0 Å². The number of nitrogens with zero attached hydrogens (tertiary/aromatic N) is 3. The fourth-order valence-electron chi connectivity index (χ4n) is 4.49. The zero-order valence-electron chi connectivity index (χ0n) is 20.1. The van der Waals surface area contributed by atoms with Gasteiger partial charge in [-0.15, -0.1) is 11.3 Å². The van der Waals surface area contributed by atoms with Gasteiger partial charge in [0, 0.05) is 23.7 Å². The van der Waals surface area contributed by atoms with Crippen LogP contribution in [0.3, 0.4) is 0 Å². The molecule has 182 valence electrons. The van der Waals surface area contributed by atoms with Gasteiger partial charge in [-0.05, 0) is 48.2 Å². The van der Waals surface area contributed by atoms with Crippen LogP contribution in [-0.2, 0) is 27.6 Å². The fourth-order valence-corrected chi connectivity index (χ4v) is 6.15. The lowest BCUT2D eigenvalue weighted by Crippen LogP contribution is -2.29. The van der Waals surface area contributed by atoms with Crippen molar-refractivity contribution in [3.05, 3.63) is 75.8 Å². The second-order valence-electron chi connectivity index (χ2n) is 9.24. The highest BCUT2D eigenvalue weighted by Crippen LogP contribution is 2.46. The van der Waals surface area contributed by atoms with Crippen LogP contribution in [0.1, 0.15) is 60.1 Å². The third kappa shape index (κ3) is 5.45. The van der Waals surface area contributed by atoms with Crippen LogP contribution in [0.2, 0.25) is 0 Å². The molecule has 2 aromatic carbocycles. The Morgan fingerprint density at radius 2 is 1.83 bits per heavy atom. The van der Waals surface area contributed by atoms with Crippen molar-refractivity contribution in [1.82, 2.24) is 9.88 Å². The Morgan fingerprint density at radius 1 is 1.17 bits per heavy atom. The zero-order valence-corrected chi connectivity index (χ0v) is 21.8. The molecule has 0 saturated heterocycles. The molecule has 0 aliphatic carbocycles. The molecule has 1 N–H and O–H groups in total. The highest BCUT2D eigenvalue weighted by atomic mass is 32.2. The van der Waals surface area contributed by atoms with Gasteiger partial charge in [-0.3, -0.25) is 9.69 Å². The number of carbonyl (C=O) groups is 1. The first-order chi connectivity index (χ1) is 16.6. The number of amides is 1. The first-order valence-electron chi connectivity index (χ1n) is 11.4. The maximum absolute atomic E-state index is 12.6. The quantitative estimate of drug-likeness (QED) is 0.488. The number of sulfone groups is 1. The first-order valence-corrected chi connectivity index (χ1v) is 14.1. The largest absolute Gasteiger partial charge is 0.302 e. The molecular weight excluding hydrogens is 480 g/mol. The van der Waals surface area contributed by atoms with Crippen LogP contribution in [0, 0.1) is 17.2 Å². The van der Waals surface area contributed by atoms with Crippen molar-refractivity contribution >= 4 is 32.2 Å². The van der Waals surface area contributed by atoms with Crippen molar-refractivity contribution in [3.8, 4) is 6.07 Å². The van der Waals surface area contributed by atoms with Crippen molar-refractivity contribution < 1.29 is 13.2 Å². The minimum atomic E-state index is -3.26. The molecule has 9 heteroatoms. The third-order valence-electron chi connectivity index (χ3n) is 6.30. The van der Waals surface area contributed by atoms with E-state index in [1.165, 1.54) is 23.5 Å². The van der Waals surface area contributed by atoms with Gasteiger partial charge in [-0.2, -0.15) is 5.26 Å². The molecule has 2 atom stereocenters. The molecule has 1 unspecified atom stereocenters. The number of rotatable bonds is 7. The van der Waals surface area contributed by atoms with Gasteiger partial charge in [-0.1, -0.05) is 38.1 Å². The Labute approximate surface area is 210 Å². The third-order valence-corrected chi connectivity index (χ3v) is 8.40. The monoisotopic (exact) mass is 508 g/mol. The van der Waals surface area contributed by atoms with Gasteiger partial charge in [0.1, 0.15) is 0 Å². The van der Waals surface area contributed by atoms with E-state index in [1.807, 2.05) is 24.3 Å². The zero-order chi connectivity index (χ0) is 25.3. The van der Waals surface area contributed by atoms with Crippen molar-refractivity contribution in [2.24, 2.45) is 5.92 Å². The van der Waals surface area contributed by atoms with Crippen molar-refractivity contribution in [2.75, 3.05) is 11.6 Å². The van der Waals surface area contributed by atoms with Gasteiger partial charge >= 0.3 is 0 Å². The van der Waals surface area contributed by atoms with E-state index in [-0.39, 0.29) is 29.3 Å². The van der Waals surface area contributed by atoms with E-state index in [9.17, 15) is 13.2 Å². The molecule has 1 aliphatic rings. The molecule has 2 heterocycles. The Hall–Kier alpha value is -3.06. The smallest absolute Gasteiger partial charge is 0.230 e. The molecule has 35 heavy (non-hydrogen) atoms. The second-order valence-corrected chi connectivity index (χ2v) is 12.3. The van der Waals surface area contributed by atoms with Crippen LogP contribution in [-0.4, -0.2) is 30.5 Å². The molecular formula is C26H28N4O3S2. The number of hydrogen-bond donors (Lipinski definition) is 1. The van der Waals surface area contributed by atoms with Crippen molar-refractivity contribution in [3.63, 3.8) is 0 Å². The normalized spacial score (nSPS) is 16.6. The predicted molar refractivity (Wildman–Crippen MR) is 137 cm³/mol. The highest BCUT2D eigenvalue weighted by Gasteiger charge is 2.38. The maximum atomic E-state index is 12.6. The lowest BCUT2D eigenvalue weighted by Gasteiger charge is -2.33. The summed E-state index contributed by atoms with van der Waals surface area (Å²) < 4.78 is 23.2. The molecule has 4 rings (SSSR count). The number of hydrogen-bond acceptors (Lipinski definition) is 7. The molecule has 0 spiro atoms. The molecule has 7 nitrogen and oxygen atoms in total. The van der Waals surface area contributed by atoms with Crippen LogP contribution < -0.4 is 5.32 Å². The average molecular weight is 509 g/mol. The summed E-state index contributed by atoms with van der Waals surface area (Å²) in [6.45, 7) is 7.27. The molecule has 0 radical (unpaired) electrons. The summed E-state index contributed by atoms with van der Waals surface area (Å²) in [5.74, 6) is 0.143. The van der Waals surface area contributed by atoms with Gasteiger partial charge in [-0.25, -0.2) is 13.4 Å². The number of nitrogens with one attached hydrogen (secondary N) is 1. The minimum absolute atomic E-state index is 0.126. The second kappa shape index (κ2) is 9.90. The van der Waals surface area contributed by atoms with E-state index in [2.05, 4.69) is 37.1 Å². The number of fused-ring (bicyclic) bond motifs is 1. The number of thiazole rings is 1. The standard InChI is InChI=1S/C26H28N4O3S2/c1-16(2)25-24-22(15-30(25)17(3)20-9-5-19(14-27)6-10-20)34-26(29-24)28-23(31)13-18-7-11-21(12-8-18)35(4,32)33/h5-12,16-17,25H,13,15H2,1-4H3,(H,28,29,31)/t17?,25-/m1/s1. The number of carbonyl (C=O) groups excluding carboxylic acids is 1. The van der Waals surface area contributed by atoms with Crippen LogP contribution >= 0.6 is 11.3 Å². The van der Waals surface area contributed by atoms with E-state index in [0.717, 1.165) is 34.5 Å². The molecule has 3 aromatic rings. The van der Waals surface area contributed by atoms with Gasteiger partial charge < -0.3 is 5.32 Å². The van der Waals surface area contributed by atoms with Crippen molar-refractivity contribution in [1.29, 1.82) is 5.26 Å². The van der Waals surface area contributed by atoms with Gasteiger partial charge in [0.2, 0.25) is 5.91 Å². The number of anilines is 1. The Balaban J connectivity index is 1.46. The number of benzene rings is 2. The Kier molecular flexibility index (Phi) is 7.08. The summed E-state index contributed by atoms with van der Waals surface area (Å²) in [5.41, 5.74) is 3.55. The van der Waals surface area contributed by atoms with Crippen LogP contribution in [0.5, 0.6) is 0 Å². The van der Waals surface area contributed by atoms with E-state index in [4.69, 9.17) is 10.2 Å². The van der Waals surface area contributed by atoms with Crippen molar-refractivity contribution in [2.45, 2.75) is 50.7 Å². The van der Waals surface area contributed by atoms with Crippen LogP contribution in [0.15, 0.2) is 53.4 Å². The summed E-state index contributed by atoms with van der Waals surface area (Å²) >= 11 is 1.50. The summed E-state index contributed by atoms with van der Waals surface area (Å²) in [5, 5.41) is 12.6. The molecule has 0 saturated carbocycles. The Morgan fingerprint density at radius 3 is 2.40 bits per heavy atom. The number of aromatic nitrogens is 1. The summed E-state index contributed by atoms with van der Waals surface area (Å²) in [6, 6.07) is 16.5. The van der Waals surface area contributed by atoms with E-state index in [0.29, 0.717) is 16.6 Å². The van der Waals surface area contributed by atoms with Gasteiger partial charge in [0.15, 0.2) is 15.0 Å². The Bertz CT molecular complexity index is 1370. The van der Waals surface area contributed by atoms with E-state index in [1.54, 1.807) is 12.1 Å². The minimum Gasteiger partial charge on any atom is -0.302 e. The van der Waals surface area contributed by atoms with E-state index < -0.39 is 9.84 Å². The van der Waals surface area contributed by atoms with Gasteiger partial charge in [0.05, 0.1) is 34.7 Å². The molecule has 1 aliphatic heterocycles. The topological polar surface area (TPSA) is 103 Å². The lowest BCUT2D eigenvalue weighted by atomic mass is 9.98. The maximum Gasteiger partial charge on any atom is 0.230 e. The highest BCUT2D eigenvalue weighted by molar-refractivity contribution is 7.90. The van der Waals surface area contributed by atoms with Crippen LogP contribution in [0.25, 0.3) is 0 Å². The average Bonchev–Trinajstić information content (AvgIpc) is 3.35. The predicted octanol–water partition coefficient (Wildman–Crippen LogP) is 4.87. The van der Waals surface area contributed by atoms with Crippen LogP contribution in [0.4, 0.5) is 5.13 Å². The molecule has 1 aromatic heterocycles. The summed E-state index contributed by atoms with van der Waals surface area (Å²) in [4.78, 5) is 21.2. The first kappa shape index (κ1) is 25.0. The van der Waals surface area contributed by atoms with Gasteiger partial charge in [0.25, 0.3) is 0 Å². The summed E-state index contributed by atoms with van der Waals surface area (Å²) in [7, 11) is -3.26. The SMILES string of the molecule is CC(C)[C@@H]1c2nc(NC(=O)Cc3ccc(S(C)(=O)=O)cc3)sc2CN1C(C)c1ccc(C#N)cc1. The molecule has 1 amide bonds. The molecule has 0 bridgehead atoms. The number of nitriles is 1. The lowest BCUT2D eigenvalue weighted by molar-refractivity contribution is -0.115. The molecule has 0 fully saturated rings. The summed E-state index contributed by atoms with van der Waals surface area (Å²) in [6.07, 6.45) is 1.30.